The Labute approximate surface area is 175 Å². The molecule has 2 aromatic rings. The second-order valence-corrected chi connectivity index (χ2v) is 7.57. The third-order valence-corrected chi connectivity index (χ3v) is 5.71. The summed E-state index contributed by atoms with van der Waals surface area (Å²) in [6, 6.07) is 14.5. The first-order valence-corrected chi connectivity index (χ1v) is 9.95. The van der Waals surface area contributed by atoms with Gasteiger partial charge in [0.15, 0.2) is 0 Å². The Bertz CT molecular complexity index is 987. The van der Waals surface area contributed by atoms with Gasteiger partial charge >= 0.3 is 5.97 Å². The molecule has 4 rings (SSSR count). The Morgan fingerprint density at radius 2 is 1.83 bits per heavy atom. The summed E-state index contributed by atoms with van der Waals surface area (Å²) < 4.78 is 10.8. The van der Waals surface area contributed by atoms with Crippen molar-refractivity contribution in [1.82, 2.24) is 4.90 Å². The van der Waals surface area contributed by atoms with Crippen LogP contribution in [0, 0.1) is 6.92 Å². The first-order chi connectivity index (χ1) is 14.5. The molecule has 0 aromatic heterocycles. The van der Waals surface area contributed by atoms with Crippen LogP contribution in [0.15, 0.2) is 48.5 Å². The van der Waals surface area contributed by atoms with Crippen molar-refractivity contribution in [2.24, 2.45) is 0 Å². The van der Waals surface area contributed by atoms with Crippen LogP contribution in [0.5, 0.6) is 0 Å². The number of para-hydroxylation sites is 1. The standard InChI is InChI=1S/C23H24N2O5/c1-16-7-9-17(10-8-16)15-30-22(28)23-12-11-20(26)25(23)19-6-4-3-5-18(19)21(27)24(23)13-14-29-2/h3-10H,11-15H2,1-2H3/t23-/m1/s1. The van der Waals surface area contributed by atoms with Crippen molar-refractivity contribution in [1.29, 1.82) is 0 Å². The van der Waals surface area contributed by atoms with Gasteiger partial charge in [0.2, 0.25) is 11.6 Å². The number of aryl methyl sites for hydroxylation is 1. The normalized spacial score (nSPS) is 20.2. The van der Waals surface area contributed by atoms with Crippen molar-refractivity contribution in [3.63, 3.8) is 0 Å². The summed E-state index contributed by atoms with van der Waals surface area (Å²) in [7, 11) is 1.53. The number of hydrogen-bond acceptors (Lipinski definition) is 5. The summed E-state index contributed by atoms with van der Waals surface area (Å²) in [5.41, 5.74) is 1.30. The number of rotatable bonds is 6. The number of ether oxygens (including phenoxy) is 2. The van der Waals surface area contributed by atoms with Gasteiger partial charge < -0.3 is 14.4 Å². The van der Waals surface area contributed by atoms with Crippen LogP contribution in [0.1, 0.15) is 34.3 Å². The van der Waals surface area contributed by atoms with Crippen LogP contribution in [0.2, 0.25) is 0 Å². The van der Waals surface area contributed by atoms with E-state index >= 15 is 0 Å². The largest absolute Gasteiger partial charge is 0.458 e. The Morgan fingerprint density at radius 3 is 2.57 bits per heavy atom. The molecule has 0 radical (unpaired) electrons. The molecule has 30 heavy (non-hydrogen) atoms. The summed E-state index contributed by atoms with van der Waals surface area (Å²) in [5, 5.41) is 0. The molecule has 7 heteroatoms. The second kappa shape index (κ2) is 7.91. The summed E-state index contributed by atoms with van der Waals surface area (Å²) in [4.78, 5) is 42.5. The number of carbonyl (C=O) groups is 3. The van der Waals surface area contributed by atoms with Crippen molar-refractivity contribution in [2.75, 3.05) is 25.2 Å². The van der Waals surface area contributed by atoms with Crippen molar-refractivity contribution in [3.05, 3.63) is 65.2 Å². The minimum absolute atomic E-state index is 0.0663. The topological polar surface area (TPSA) is 76.2 Å². The van der Waals surface area contributed by atoms with Crippen molar-refractivity contribution >= 4 is 23.5 Å². The van der Waals surface area contributed by atoms with Gasteiger partial charge in [0.05, 0.1) is 17.9 Å². The van der Waals surface area contributed by atoms with E-state index < -0.39 is 11.6 Å². The summed E-state index contributed by atoms with van der Waals surface area (Å²) in [6.07, 6.45) is 0.340. The lowest BCUT2D eigenvalue weighted by Crippen LogP contribution is -2.68. The van der Waals surface area contributed by atoms with Gasteiger partial charge in [0.25, 0.3) is 5.91 Å². The molecule has 7 nitrogen and oxygen atoms in total. The number of anilines is 1. The number of methoxy groups -OCH3 is 1. The fraction of sp³-hybridized carbons (Fsp3) is 0.348. The number of hydrogen-bond donors (Lipinski definition) is 0. The average Bonchev–Trinajstić information content (AvgIpc) is 3.11. The van der Waals surface area contributed by atoms with Gasteiger partial charge in [-0.15, -0.1) is 0 Å². The van der Waals surface area contributed by atoms with E-state index in [1.807, 2.05) is 31.2 Å². The Hall–Kier alpha value is -3.19. The maximum absolute atomic E-state index is 13.5. The molecule has 1 fully saturated rings. The van der Waals surface area contributed by atoms with Gasteiger partial charge in [-0.1, -0.05) is 42.0 Å². The minimum Gasteiger partial charge on any atom is -0.458 e. The van der Waals surface area contributed by atoms with Crippen molar-refractivity contribution in [3.8, 4) is 0 Å². The highest BCUT2D eigenvalue weighted by Crippen LogP contribution is 2.45. The number of carbonyl (C=O) groups excluding carboxylic acids is 3. The lowest BCUT2D eigenvalue weighted by molar-refractivity contribution is -0.159. The SMILES string of the molecule is COCCN1C(=O)c2ccccc2N2C(=O)CC[C@@]12C(=O)OCc1ccc(C)cc1. The van der Waals surface area contributed by atoms with Crippen LogP contribution in [-0.2, 0) is 25.7 Å². The van der Waals surface area contributed by atoms with Crippen LogP contribution in [0.25, 0.3) is 0 Å². The fourth-order valence-corrected chi connectivity index (χ4v) is 4.18. The molecular weight excluding hydrogens is 384 g/mol. The van der Waals surface area contributed by atoms with E-state index in [1.54, 1.807) is 24.3 Å². The molecule has 2 amide bonds. The van der Waals surface area contributed by atoms with E-state index in [0.29, 0.717) is 11.3 Å². The quantitative estimate of drug-likeness (QED) is 0.687. The Balaban J connectivity index is 1.72. The third-order valence-electron chi connectivity index (χ3n) is 5.71. The molecule has 2 heterocycles. The number of esters is 1. The Kier molecular flexibility index (Phi) is 5.30. The van der Waals surface area contributed by atoms with E-state index in [-0.39, 0.29) is 44.4 Å². The molecule has 0 bridgehead atoms. The number of amides is 2. The molecule has 156 valence electrons. The second-order valence-electron chi connectivity index (χ2n) is 7.57. The zero-order valence-electron chi connectivity index (χ0n) is 17.1. The lowest BCUT2D eigenvalue weighted by atomic mass is 9.96. The molecule has 0 spiro atoms. The van der Waals surface area contributed by atoms with Crippen LogP contribution in [0.4, 0.5) is 5.69 Å². The first-order valence-electron chi connectivity index (χ1n) is 9.95. The monoisotopic (exact) mass is 408 g/mol. The maximum atomic E-state index is 13.5. The number of nitrogens with zero attached hydrogens (tertiary/aromatic N) is 2. The van der Waals surface area contributed by atoms with Gasteiger partial charge in [-0.05, 0) is 24.6 Å². The molecule has 0 saturated carbocycles. The molecule has 0 unspecified atom stereocenters. The predicted molar refractivity (Wildman–Crippen MR) is 110 cm³/mol. The summed E-state index contributed by atoms with van der Waals surface area (Å²) >= 11 is 0. The predicted octanol–water partition coefficient (Wildman–Crippen LogP) is 2.66. The summed E-state index contributed by atoms with van der Waals surface area (Å²) in [6.45, 7) is 2.46. The van der Waals surface area contributed by atoms with Crippen molar-refractivity contribution < 1.29 is 23.9 Å². The van der Waals surface area contributed by atoms with Gasteiger partial charge in [-0.3, -0.25) is 14.5 Å². The number of fused-ring (bicyclic) bond motifs is 3. The molecule has 1 atom stereocenters. The maximum Gasteiger partial charge on any atom is 0.354 e. The molecule has 2 aromatic carbocycles. The molecule has 0 aliphatic carbocycles. The molecular formula is C23H24N2O5. The highest BCUT2D eigenvalue weighted by Gasteiger charge is 2.61. The van der Waals surface area contributed by atoms with Crippen LogP contribution < -0.4 is 4.90 Å². The smallest absolute Gasteiger partial charge is 0.354 e. The first kappa shape index (κ1) is 20.1. The highest BCUT2D eigenvalue weighted by atomic mass is 16.5. The average molecular weight is 408 g/mol. The molecule has 2 aliphatic heterocycles. The van der Waals surface area contributed by atoms with E-state index in [2.05, 4.69) is 0 Å². The van der Waals surface area contributed by atoms with E-state index in [9.17, 15) is 14.4 Å². The zero-order valence-corrected chi connectivity index (χ0v) is 17.1. The fourth-order valence-electron chi connectivity index (χ4n) is 4.18. The lowest BCUT2D eigenvalue weighted by Gasteiger charge is -2.48. The van der Waals surface area contributed by atoms with Crippen molar-refractivity contribution in [2.45, 2.75) is 32.0 Å². The number of benzene rings is 2. The zero-order chi connectivity index (χ0) is 21.3. The van der Waals surface area contributed by atoms with Gasteiger partial charge in [0.1, 0.15) is 6.61 Å². The summed E-state index contributed by atoms with van der Waals surface area (Å²) in [5.74, 6) is -1.11. The van der Waals surface area contributed by atoms with E-state index in [4.69, 9.17) is 9.47 Å². The third kappa shape index (κ3) is 3.15. The van der Waals surface area contributed by atoms with Crippen LogP contribution in [0.3, 0.4) is 0 Å². The molecule has 0 N–H and O–H groups in total. The van der Waals surface area contributed by atoms with E-state index in [1.165, 1.54) is 16.9 Å². The van der Waals surface area contributed by atoms with Gasteiger partial charge in [-0.25, -0.2) is 4.79 Å². The van der Waals surface area contributed by atoms with Gasteiger partial charge in [0, 0.05) is 26.5 Å². The van der Waals surface area contributed by atoms with Crippen LogP contribution >= 0.6 is 0 Å². The van der Waals surface area contributed by atoms with Gasteiger partial charge in [-0.2, -0.15) is 0 Å². The van der Waals surface area contributed by atoms with Crippen LogP contribution in [-0.4, -0.2) is 48.6 Å². The Morgan fingerprint density at radius 1 is 1.10 bits per heavy atom. The van der Waals surface area contributed by atoms with E-state index in [0.717, 1.165) is 11.1 Å². The molecule has 2 aliphatic rings. The highest BCUT2D eigenvalue weighted by molar-refractivity contribution is 6.15. The molecule has 1 saturated heterocycles. The minimum atomic E-state index is -1.49.